The van der Waals surface area contributed by atoms with E-state index in [4.69, 9.17) is 0 Å². The highest BCUT2D eigenvalue weighted by Gasteiger charge is 2.40. The Labute approximate surface area is 127 Å². The van der Waals surface area contributed by atoms with Crippen LogP contribution in [0.15, 0.2) is 24.3 Å². The van der Waals surface area contributed by atoms with E-state index in [1.54, 1.807) is 11.8 Å². The number of amides is 1. The number of nitrogens with zero attached hydrogens (tertiary/aromatic N) is 2. The molecule has 3 rings (SSSR count). The molecule has 1 aromatic carbocycles. The predicted molar refractivity (Wildman–Crippen MR) is 85.5 cm³/mol. The van der Waals surface area contributed by atoms with Crippen LogP contribution in [0.3, 0.4) is 0 Å². The number of rotatable bonds is 4. The van der Waals surface area contributed by atoms with Crippen LogP contribution in [0.1, 0.15) is 19.8 Å². The van der Waals surface area contributed by atoms with E-state index >= 15 is 0 Å². The summed E-state index contributed by atoms with van der Waals surface area (Å²) in [6.45, 7) is 2.87. The Kier molecular flexibility index (Phi) is 3.91. The summed E-state index contributed by atoms with van der Waals surface area (Å²) in [6, 6.07) is 7.81. The van der Waals surface area contributed by atoms with Crippen LogP contribution in [0.25, 0.3) is 11.0 Å². The van der Waals surface area contributed by atoms with Crippen molar-refractivity contribution in [2.24, 2.45) is 0 Å². The van der Waals surface area contributed by atoms with Gasteiger partial charge in [-0.25, -0.2) is 4.98 Å². The quantitative estimate of drug-likeness (QED) is 0.909. The van der Waals surface area contributed by atoms with Crippen molar-refractivity contribution in [3.05, 3.63) is 24.3 Å². The number of nitrogens with one attached hydrogen (secondary N) is 1. The largest absolute Gasteiger partial charge is 0.379 e. The van der Waals surface area contributed by atoms with E-state index in [-0.39, 0.29) is 5.91 Å². The number of imidazole rings is 1. The average Bonchev–Trinajstić information content (AvgIpc) is 3.06. The molecule has 2 N–H and O–H groups in total. The Hall–Kier alpha value is -1.53. The van der Waals surface area contributed by atoms with Crippen molar-refractivity contribution in [1.82, 2.24) is 9.55 Å². The minimum Gasteiger partial charge on any atom is -0.379 e. The van der Waals surface area contributed by atoms with Crippen molar-refractivity contribution in [2.75, 3.05) is 16.8 Å². The minimum absolute atomic E-state index is 0.347. The van der Waals surface area contributed by atoms with Crippen LogP contribution in [-0.2, 0) is 11.3 Å². The number of thioether (sulfide) groups is 1. The highest BCUT2D eigenvalue weighted by molar-refractivity contribution is 7.99. The van der Waals surface area contributed by atoms with Crippen LogP contribution >= 0.6 is 11.8 Å². The minimum atomic E-state index is -1.26. The van der Waals surface area contributed by atoms with Gasteiger partial charge in [-0.2, -0.15) is 11.8 Å². The van der Waals surface area contributed by atoms with Gasteiger partial charge in [-0.1, -0.05) is 19.1 Å². The molecule has 1 aromatic heterocycles. The van der Waals surface area contributed by atoms with Gasteiger partial charge in [-0.3, -0.25) is 10.1 Å². The lowest BCUT2D eigenvalue weighted by molar-refractivity contribution is -0.131. The van der Waals surface area contributed by atoms with E-state index in [2.05, 4.69) is 17.2 Å². The summed E-state index contributed by atoms with van der Waals surface area (Å²) < 4.78 is 2.00. The number of carbonyl (C=O) groups is 1. The monoisotopic (exact) mass is 305 g/mol. The lowest BCUT2D eigenvalue weighted by atomic mass is 10.0. The topological polar surface area (TPSA) is 67.2 Å². The maximum absolute atomic E-state index is 12.3. The number of aliphatic hydroxyl groups is 1. The van der Waals surface area contributed by atoms with Gasteiger partial charge in [-0.05, 0) is 30.7 Å². The molecule has 1 amide bonds. The first kappa shape index (κ1) is 14.4. The lowest BCUT2D eigenvalue weighted by Crippen LogP contribution is -2.43. The van der Waals surface area contributed by atoms with Gasteiger partial charge >= 0.3 is 0 Å². The predicted octanol–water partition coefficient (Wildman–Crippen LogP) is 2.25. The number of para-hydroxylation sites is 2. The van der Waals surface area contributed by atoms with Crippen molar-refractivity contribution in [3.8, 4) is 0 Å². The molecule has 0 bridgehead atoms. The molecule has 1 atom stereocenters. The molecule has 5 nitrogen and oxygen atoms in total. The first-order valence-corrected chi connectivity index (χ1v) is 8.36. The van der Waals surface area contributed by atoms with Gasteiger partial charge in [-0.15, -0.1) is 0 Å². The molecule has 0 spiro atoms. The van der Waals surface area contributed by atoms with E-state index < -0.39 is 5.60 Å². The molecule has 1 saturated heterocycles. The van der Waals surface area contributed by atoms with Crippen molar-refractivity contribution in [2.45, 2.75) is 31.9 Å². The molecule has 2 heterocycles. The molecule has 2 aromatic rings. The molecule has 0 saturated carbocycles. The number of carbonyl (C=O) groups excluding carboxylic acids is 1. The molecular weight excluding hydrogens is 286 g/mol. The molecule has 1 unspecified atom stereocenters. The second kappa shape index (κ2) is 5.69. The fourth-order valence-electron chi connectivity index (χ4n) is 2.57. The van der Waals surface area contributed by atoms with E-state index in [0.29, 0.717) is 18.1 Å². The van der Waals surface area contributed by atoms with Gasteiger partial charge < -0.3 is 9.67 Å². The van der Waals surface area contributed by atoms with Crippen LogP contribution in [0.4, 0.5) is 5.95 Å². The van der Waals surface area contributed by atoms with E-state index in [0.717, 1.165) is 29.8 Å². The molecule has 1 aliphatic heterocycles. The van der Waals surface area contributed by atoms with Gasteiger partial charge in [0.05, 0.1) is 11.0 Å². The summed E-state index contributed by atoms with van der Waals surface area (Å²) in [5, 5.41) is 13.2. The summed E-state index contributed by atoms with van der Waals surface area (Å²) in [7, 11) is 0. The Morgan fingerprint density at radius 2 is 2.33 bits per heavy atom. The normalized spacial score (nSPS) is 21.8. The zero-order valence-corrected chi connectivity index (χ0v) is 12.8. The second-order valence-electron chi connectivity index (χ2n) is 5.36. The third-order valence-electron chi connectivity index (χ3n) is 3.75. The number of aryl methyl sites for hydroxylation is 1. The van der Waals surface area contributed by atoms with Gasteiger partial charge in [0.25, 0.3) is 5.91 Å². The van der Waals surface area contributed by atoms with E-state index in [1.807, 2.05) is 28.8 Å². The fourth-order valence-corrected chi connectivity index (χ4v) is 3.81. The van der Waals surface area contributed by atoms with Crippen LogP contribution in [0.5, 0.6) is 0 Å². The Morgan fingerprint density at radius 1 is 1.52 bits per heavy atom. The first-order chi connectivity index (χ1) is 10.1. The number of hydrogen-bond acceptors (Lipinski definition) is 4. The third kappa shape index (κ3) is 2.65. The maximum Gasteiger partial charge on any atom is 0.259 e. The summed E-state index contributed by atoms with van der Waals surface area (Å²) in [5.74, 6) is 1.44. The summed E-state index contributed by atoms with van der Waals surface area (Å²) >= 11 is 1.60. The van der Waals surface area contributed by atoms with E-state index in [1.165, 1.54) is 0 Å². The van der Waals surface area contributed by atoms with Crippen LogP contribution in [-0.4, -0.2) is 37.7 Å². The molecule has 0 radical (unpaired) electrons. The van der Waals surface area contributed by atoms with Gasteiger partial charge in [0.2, 0.25) is 5.95 Å². The number of hydrogen-bond donors (Lipinski definition) is 2. The smallest absolute Gasteiger partial charge is 0.259 e. The standard InChI is InChI=1S/C15H19N3O2S/c1-2-8-18-12-6-4-3-5-11(12)16-14(18)17-13(19)15(20)7-9-21-10-15/h3-6,20H,2,7-10H2,1H3,(H,16,17,19). The summed E-state index contributed by atoms with van der Waals surface area (Å²) in [6.07, 6.45) is 1.45. The lowest BCUT2D eigenvalue weighted by Gasteiger charge is -2.20. The van der Waals surface area contributed by atoms with Crippen molar-refractivity contribution < 1.29 is 9.90 Å². The van der Waals surface area contributed by atoms with Gasteiger partial charge in [0.15, 0.2) is 5.60 Å². The van der Waals surface area contributed by atoms with Gasteiger partial charge in [0.1, 0.15) is 0 Å². The third-order valence-corrected chi connectivity index (χ3v) is 4.93. The Balaban J connectivity index is 1.92. The van der Waals surface area contributed by atoms with Crippen LogP contribution in [0, 0.1) is 0 Å². The number of benzene rings is 1. The molecular formula is C15H19N3O2S. The molecule has 1 aliphatic rings. The molecule has 1 fully saturated rings. The second-order valence-corrected chi connectivity index (χ2v) is 6.47. The molecule has 112 valence electrons. The van der Waals surface area contributed by atoms with Gasteiger partial charge in [0, 0.05) is 12.3 Å². The fraction of sp³-hybridized carbons (Fsp3) is 0.467. The molecule has 21 heavy (non-hydrogen) atoms. The van der Waals surface area contributed by atoms with E-state index in [9.17, 15) is 9.90 Å². The summed E-state index contributed by atoms with van der Waals surface area (Å²) in [5.41, 5.74) is 0.594. The Morgan fingerprint density at radius 3 is 3.05 bits per heavy atom. The number of fused-ring (bicyclic) bond motifs is 1. The highest BCUT2D eigenvalue weighted by atomic mass is 32.2. The van der Waals surface area contributed by atoms with Crippen LogP contribution in [0.2, 0.25) is 0 Å². The molecule has 0 aliphatic carbocycles. The first-order valence-electron chi connectivity index (χ1n) is 7.21. The zero-order valence-electron chi connectivity index (χ0n) is 12.0. The molecule has 6 heteroatoms. The van der Waals surface area contributed by atoms with Crippen LogP contribution < -0.4 is 5.32 Å². The SMILES string of the molecule is CCCn1c(NC(=O)C2(O)CCSC2)nc2ccccc21. The van der Waals surface area contributed by atoms with Crippen molar-refractivity contribution >= 4 is 34.7 Å². The number of aromatic nitrogens is 2. The zero-order chi connectivity index (χ0) is 14.9. The summed E-state index contributed by atoms with van der Waals surface area (Å²) in [4.78, 5) is 16.8. The highest BCUT2D eigenvalue weighted by Crippen LogP contribution is 2.29. The van der Waals surface area contributed by atoms with Crippen molar-refractivity contribution in [1.29, 1.82) is 0 Å². The maximum atomic E-state index is 12.3. The average molecular weight is 305 g/mol. The van der Waals surface area contributed by atoms with Crippen molar-refractivity contribution in [3.63, 3.8) is 0 Å². The number of anilines is 1. The Bertz CT molecular complexity index is 662.